The zero-order chi connectivity index (χ0) is 20.3. The van der Waals surface area contributed by atoms with Gasteiger partial charge < -0.3 is 9.84 Å². The van der Waals surface area contributed by atoms with Crippen LogP contribution in [0.25, 0.3) is 0 Å². The van der Waals surface area contributed by atoms with Crippen LogP contribution in [0.1, 0.15) is 104 Å². The second-order valence-corrected chi connectivity index (χ2v) is 7.15. The lowest BCUT2D eigenvalue weighted by molar-refractivity contribution is -0.152. The number of hydrogen-bond donors (Lipinski definition) is 1. The highest BCUT2D eigenvalue weighted by atomic mass is 16.6. The van der Waals surface area contributed by atoms with E-state index in [0.29, 0.717) is 6.42 Å². The molecule has 1 fully saturated rings. The maximum absolute atomic E-state index is 11.2. The van der Waals surface area contributed by atoms with Gasteiger partial charge in [-0.3, -0.25) is 14.4 Å². The van der Waals surface area contributed by atoms with Crippen LogP contribution in [0.15, 0.2) is 12.2 Å². The number of allylic oxidation sites excluding steroid dienone is 1. The molecule has 0 spiro atoms. The predicted octanol–water partition coefficient (Wildman–Crippen LogP) is 5.81. The van der Waals surface area contributed by atoms with Gasteiger partial charge >= 0.3 is 17.9 Å². The Morgan fingerprint density at radius 1 is 0.963 bits per heavy atom. The SMILES string of the molecule is CCCCCC(=O)O.CCCCCCCCCCC=CC1CC(=O)OC1=O. The molecule has 1 N–H and O–H groups in total. The van der Waals surface area contributed by atoms with Crippen LogP contribution >= 0.6 is 0 Å². The molecule has 1 unspecified atom stereocenters. The van der Waals surface area contributed by atoms with Gasteiger partial charge in [0.2, 0.25) is 0 Å². The number of aliphatic carboxylic acids is 1. The first-order chi connectivity index (χ1) is 13.0. The summed E-state index contributed by atoms with van der Waals surface area (Å²) in [5.74, 6) is -1.80. The van der Waals surface area contributed by atoms with Gasteiger partial charge in [0.05, 0.1) is 12.3 Å². The monoisotopic (exact) mass is 382 g/mol. The van der Waals surface area contributed by atoms with Crippen molar-refractivity contribution < 1.29 is 24.2 Å². The predicted molar refractivity (Wildman–Crippen MR) is 107 cm³/mol. The van der Waals surface area contributed by atoms with Crippen molar-refractivity contribution >= 4 is 17.9 Å². The third kappa shape index (κ3) is 16.3. The Morgan fingerprint density at radius 3 is 2.04 bits per heavy atom. The van der Waals surface area contributed by atoms with Crippen molar-refractivity contribution in [1.82, 2.24) is 0 Å². The fraction of sp³-hybridized carbons (Fsp3) is 0.773. The summed E-state index contributed by atoms with van der Waals surface area (Å²) in [5.41, 5.74) is 0. The minimum absolute atomic E-state index is 0.215. The van der Waals surface area contributed by atoms with Crippen molar-refractivity contribution in [2.24, 2.45) is 5.92 Å². The summed E-state index contributed by atoms with van der Waals surface area (Å²) in [6.07, 6.45) is 18.8. The Balaban J connectivity index is 0.000000713. The fourth-order valence-corrected chi connectivity index (χ4v) is 2.82. The number of carboxylic acids is 1. The molecule has 0 amide bonds. The van der Waals surface area contributed by atoms with Crippen LogP contribution in [0, 0.1) is 5.92 Å². The van der Waals surface area contributed by atoms with Gasteiger partial charge in [-0.15, -0.1) is 0 Å². The summed E-state index contributed by atoms with van der Waals surface area (Å²) in [5, 5.41) is 8.14. The molecule has 1 atom stereocenters. The molecular formula is C22H38O5. The molecule has 1 rings (SSSR count). The summed E-state index contributed by atoms with van der Waals surface area (Å²) in [7, 11) is 0. The van der Waals surface area contributed by atoms with Crippen LogP contribution in [-0.2, 0) is 19.1 Å². The average Bonchev–Trinajstić information content (AvgIpc) is 2.94. The Bertz CT molecular complexity index is 442. The van der Waals surface area contributed by atoms with Gasteiger partial charge in [-0.1, -0.05) is 83.8 Å². The zero-order valence-electron chi connectivity index (χ0n) is 17.2. The molecule has 0 aromatic heterocycles. The summed E-state index contributed by atoms with van der Waals surface area (Å²) in [6.45, 7) is 4.29. The van der Waals surface area contributed by atoms with Crippen molar-refractivity contribution in [3.8, 4) is 0 Å². The smallest absolute Gasteiger partial charge is 0.321 e. The largest absolute Gasteiger partial charge is 0.481 e. The number of ether oxygens (including phenoxy) is 1. The molecular weight excluding hydrogens is 344 g/mol. The lowest BCUT2D eigenvalue weighted by Gasteiger charge is -2.00. The molecule has 5 heteroatoms. The van der Waals surface area contributed by atoms with Gasteiger partial charge in [0.15, 0.2) is 0 Å². The van der Waals surface area contributed by atoms with Crippen LogP contribution < -0.4 is 0 Å². The van der Waals surface area contributed by atoms with E-state index in [2.05, 4.69) is 18.6 Å². The first-order valence-electron chi connectivity index (χ1n) is 10.6. The number of carbonyl (C=O) groups excluding carboxylic acids is 2. The Kier molecular flexibility index (Phi) is 16.7. The maximum atomic E-state index is 11.2. The quantitative estimate of drug-likeness (QED) is 0.177. The maximum Gasteiger partial charge on any atom is 0.321 e. The number of unbranched alkanes of at least 4 members (excludes halogenated alkanes) is 10. The number of cyclic esters (lactones) is 2. The van der Waals surface area contributed by atoms with E-state index in [9.17, 15) is 14.4 Å². The number of carbonyl (C=O) groups is 3. The zero-order valence-corrected chi connectivity index (χ0v) is 17.2. The molecule has 1 aliphatic heterocycles. The van der Waals surface area contributed by atoms with Gasteiger partial charge in [-0.2, -0.15) is 0 Å². The number of rotatable bonds is 14. The molecule has 1 saturated heterocycles. The number of esters is 2. The Morgan fingerprint density at radius 2 is 1.52 bits per heavy atom. The van der Waals surface area contributed by atoms with E-state index in [-0.39, 0.29) is 12.3 Å². The van der Waals surface area contributed by atoms with Crippen molar-refractivity contribution in [2.75, 3.05) is 0 Å². The second kappa shape index (κ2) is 17.7. The van der Waals surface area contributed by atoms with Gasteiger partial charge in [0, 0.05) is 6.42 Å². The van der Waals surface area contributed by atoms with Gasteiger partial charge in [-0.05, 0) is 19.3 Å². The van der Waals surface area contributed by atoms with E-state index in [1.807, 2.05) is 12.2 Å². The average molecular weight is 383 g/mol. The molecule has 0 aromatic carbocycles. The van der Waals surface area contributed by atoms with Crippen LogP contribution in [0.5, 0.6) is 0 Å². The summed E-state index contributed by atoms with van der Waals surface area (Å²) in [4.78, 5) is 31.9. The lowest BCUT2D eigenvalue weighted by atomic mass is 10.0. The van der Waals surface area contributed by atoms with Crippen molar-refractivity contribution in [2.45, 2.75) is 104 Å². The minimum Gasteiger partial charge on any atom is -0.481 e. The van der Waals surface area contributed by atoms with Gasteiger partial charge in [-0.25, -0.2) is 0 Å². The van der Waals surface area contributed by atoms with Crippen molar-refractivity contribution in [1.29, 1.82) is 0 Å². The van der Waals surface area contributed by atoms with E-state index < -0.39 is 17.9 Å². The highest BCUT2D eigenvalue weighted by Gasteiger charge is 2.30. The molecule has 1 heterocycles. The van der Waals surface area contributed by atoms with E-state index in [1.54, 1.807) is 0 Å². The molecule has 156 valence electrons. The van der Waals surface area contributed by atoms with Crippen LogP contribution in [0.2, 0.25) is 0 Å². The minimum atomic E-state index is -0.682. The van der Waals surface area contributed by atoms with E-state index in [1.165, 1.54) is 51.4 Å². The van der Waals surface area contributed by atoms with Crippen LogP contribution in [-0.4, -0.2) is 23.0 Å². The van der Waals surface area contributed by atoms with Gasteiger partial charge in [0.1, 0.15) is 0 Å². The van der Waals surface area contributed by atoms with Crippen LogP contribution in [0.4, 0.5) is 0 Å². The van der Waals surface area contributed by atoms with Gasteiger partial charge in [0.25, 0.3) is 0 Å². The molecule has 0 saturated carbocycles. The van der Waals surface area contributed by atoms with E-state index in [0.717, 1.165) is 25.7 Å². The van der Waals surface area contributed by atoms with Crippen molar-refractivity contribution in [3.05, 3.63) is 12.2 Å². The van der Waals surface area contributed by atoms with E-state index >= 15 is 0 Å². The molecule has 0 radical (unpaired) electrons. The second-order valence-electron chi connectivity index (χ2n) is 7.15. The summed E-state index contributed by atoms with van der Waals surface area (Å²) >= 11 is 0. The molecule has 0 aromatic rings. The van der Waals surface area contributed by atoms with E-state index in [4.69, 9.17) is 5.11 Å². The molecule has 0 bridgehead atoms. The first kappa shape index (κ1) is 25.4. The fourth-order valence-electron chi connectivity index (χ4n) is 2.82. The summed E-state index contributed by atoms with van der Waals surface area (Å²) < 4.78 is 4.49. The summed E-state index contributed by atoms with van der Waals surface area (Å²) in [6, 6.07) is 0. The Hall–Kier alpha value is -1.65. The highest BCUT2D eigenvalue weighted by molar-refractivity contribution is 5.95. The molecule has 0 aliphatic carbocycles. The lowest BCUT2D eigenvalue weighted by Crippen LogP contribution is -2.03. The molecule has 5 nitrogen and oxygen atoms in total. The van der Waals surface area contributed by atoms with Crippen LogP contribution in [0.3, 0.4) is 0 Å². The third-order valence-electron chi connectivity index (χ3n) is 4.49. The van der Waals surface area contributed by atoms with Crippen molar-refractivity contribution in [3.63, 3.8) is 0 Å². The Labute approximate surface area is 164 Å². The standard InChI is InChI=1S/C16H26O3.C6H12O2/c1-2-3-4-5-6-7-8-9-10-11-12-14-13-15(17)19-16(14)18;1-2-3-4-5-6(7)8/h11-12,14H,2-10,13H2,1H3;2-5H2,1H3,(H,7,8). The third-order valence-corrected chi connectivity index (χ3v) is 4.49. The number of carboxylic acid groups (broad SMARTS) is 1. The number of hydrogen-bond acceptors (Lipinski definition) is 4. The molecule has 27 heavy (non-hydrogen) atoms. The first-order valence-corrected chi connectivity index (χ1v) is 10.6. The highest BCUT2D eigenvalue weighted by Crippen LogP contribution is 2.17. The normalized spacial score (nSPS) is 16.3. The molecule has 1 aliphatic rings. The topological polar surface area (TPSA) is 80.7 Å².